The minimum Gasteiger partial charge on any atom is -0.358 e. The summed E-state index contributed by atoms with van der Waals surface area (Å²) in [4.78, 5) is 8.17. The summed E-state index contributed by atoms with van der Waals surface area (Å²) >= 11 is 0. The molecule has 0 amide bonds. The van der Waals surface area contributed by atoms with Gasteiger partial charge in [0, 0.05) is 48.8 Å². The van der Waals surface area contributed by atoms with Crippen LogP contribution in [0.3, 0.4) is 0 Å². The number of nitrogens with zero attached hydrogens (tertiary/aromatic N) is 4. The lowest BCUT2D eigenvalue weighted by Crippen LogP contribution is -2.38. The number of aromatic nitrogens is 4. The minimum atomic E-state index is 0.650. The Hall–Kier alpha value is -3.35. The van der Waals surface area contributed by atoms with E-state index in [4.69, 9.17) is 4.99 Å². The summed E-state index contributed by atoms with van der Waals surface area (Å²) in [5, 5.41) is 16.5. The van der Waals surface area contributed by atoms with Crippen molar-refractivity contribution < 1.29 is 0 Å². The van der Waals surface area contributed by atoms with E-state index >= 15 is 0 Å². The number of aliphatic imine (C=N–C) groups is 1. The number of aromatic amines is 1. The van der Waals surface area contributed by atoms with Crippen molar-refractivity contribution in [3.63, 3.8) is 0 Å². The van der Waals surface area contributed by atoms with Crippen molar-refractivity contribution >= 4 is 22.5 Å². The highest BCUT2D eigenvalue weighted by molar-refractivity contribution is 5.84. The minimum absolute atomic E-state index is 0.650. The van der Waals surface area contributed by atoms with Gasteiger partial charge in [0.2, 0.25) is 0 Å². The zero-order chi connectivity index (χ0) is 20.1. The quantitative estimate of drug-likeness (QED) is 0.335. The summed E-state index contributed by atoms with van der Waals surface area (Å²) in [5.41, 5.74) is 4.65. The van der Waals surface area contributed by atoms with Crippen LogP contribution in [0.1, 0.15) is 24.0 Å². The third kappa shape index (κ3) is 4.23. The smallest absolute Gasteiger partial charge is 0.191 e. The van der Waals surface area contributed by atoms with Crippen molar-refractivity contribution in [2.24, 2.45) is 4.99 Å². The number of H-pyrrole nitrogens is 1. The molecule has 3 N–H and O–H groups in total. The fraction of sp³-hybridized carbons (Fsp3) is 0.318. The predicted molar refractivity (Wildman–Crippen MR) is 117 cm³/mol. The van der Waals surface area contributed by atoms with Gasteiger partial charge in [-0.2, -0.15) is 0 Å². The van der Waals surface area contributed by atoms with Crippen molar-refractivity contribution in [3.8, 4) is 0 Å². The fourth-order valence-electron chi connectivity index (χ4n) is 3.63. The average molecular weight is 390 g/mol. The molecule has 0 spiro atoms. The maximum Gasteiger partial charge on any atom is 0.191 e. The Labute approximate surface area is 170 Å². The zero-order valence-corrected chi connectivity index (χ0v) is 16.9. The molecule has 3 aromatic heterocycles. The molecule has 150 valence electrons. The number of hydrogen-bond donors (Lipinski definition) is 3. The van der Waals surface area contributed by atoms with E-state index in [1.54, 1.807) is 0 Å². The first kappa shape index (κ1) is 19.0. The van der Waals surface area contributed by atoms with Crippen molar-refractivity contribution in [2.75, 3.05) is 19.6 Å². The van der Waals surface area contributed by atoms with Crippen molar-refractivity contribution in [1.82, 2.24) is 30.2 Å². The lowest BCUT2D eigenvalue weighted by molar-refractivity contribution is 0.785. The summed E-state index contributed by atoms with van der Waals surface area (Å²) < 4.78 is 2.01. The molecule has 0 aliphatic carbocycles. The zero-order valence-electron chi connectivity index (χ0n) is 16.9. The fourth-order valence-corrected chi connectivity index (χ4v) is 3.63. The molecule has 0 bridgehead atoms. The Morgan fingerprint density at radius 3 is 2.83 bits per heavy atom. The maximum absolute atomic E-state index is 4.70. The maximum atomic E-state index is 4.70. The third-order valence-electron chi connectivity index (χ3n) is 5.03. The number of guanidine groups is 1. The number of rotatable bonds is 7. The standard InChI is InChI=1S/C22H27N7/c1-3-23-22(25-14-12-21-28-27-20-10-6-7-15-29(20)21)24-13-11-17-16(2)26-19-9-5-4-8-18(17)19/h4-10,15,26H,3,11-14H2,1-2H3,(H2,23,24,25). The molecule has 0 atom stereocenters. The molecule has 0 aliphatic heterocycles. The van der Waals surface area contributed by atoms with E-state index in [1.807, 2.05) is 28.8 Å². The number of benzene rings is 1. The number of para-hydroxylation sites is 1. The molecule has 4 rings (SSSR count). The average Bonchev–Trinajstić information content (AvgIpc) is 3.29. The Morgan fingerprint density at radius 1 is 1.07 bits per heavy atom. The van der Waals surface area contributed by atoms with Crippen molar-refractivity contribution in [3.05, 3.63) is 65.7 Å². The van der Waals surface area contributed by atoms with E-state index in [0.717, 1.165) is 43.4 Å². The van der Waals surface area contributed by atoms with Gasteiger partial charge in [0.25, 0.3) is 0 Å². The number of pyridine rings is 1. The summed E-state index contributed by atoms with van der Waals surface area (Å²) in [6.45, 7) is 6.51. The van der Waals surface area contributed by atoms with Crippen LogP contribution >= 0.6 is 0 Å². The predicted octanol–water partition coefficient (Wildman–Crippen LogP) is 2.86. The summed E-state index contributed by atoms with van der Waals surface area (Å²) in [6, 6.07) is 14.4. The Kier molecular flexibility index (Phi) is 5.74. The Bertz CT molecular complexity index is 1120. The van der Waals surface area contributed by atoms with Crippen molar-refractivity contribution in [1.29, 1.82) is 0 Å². The van der Waals surface area contributed by atoms with E-state index in [-0.39, 0.29) is 0 Å². The van der Waals surface area contributed by atoms with Crippen LogP contribution in [0.25, 0.3) is 16.6 Å². The largest absolute Gasteiger partial charge is 0.358 e. The first-order valence-electron chi connectivity index (χ1n) is 10.1. The first-order chi connectivity index (χ1) is 14.3. The van der Waals surface area contributed by atoms with Gasteiger partial charge in [-0.25, -0.2) is 0 Å². The molecule has 29 heavy (non-hydrogen) atoms. The molecule has 0 saturated heterocycles. The number of aryl methyl sites for hydroxylation is 1. The molecule has 3 heterocycles. The van der Waals surface area contributed by atoms with E-state index < -0.39 is 0 Å². The van der Waals surface area contributed by atoms with Gasteiger partial charge in [0.05, 0.1) is 0 Å². The van der Waals surface area contributed by atoms with Crippen LogP contribution in [0.5, 0.6) is 0 Å². The summed E-state index contributed by atoms with van der Waals surface area (Å²) in [6.07, 6.45) is 3.67. The van der Waals surface area contributed by atoms with E-state index in [9.17, 15) is 0 Å². The van der Waals surface area contributed by atoms with Crippen LogP contribution in [0.4, 0.5) is 0 Å². The van der Waals surface area contributed by atoms with Crippen LogP contribution in [0, 0.1) is 6.92 Å². The lowest BCUT2D eigenvalue weighted by Gasteiger charge is -2.11. The molecular formula is C22H27N7. The molecule has 1 aromatic carbocycles. The van der Waals surface area contributed by atoms with Gasteiger partial charge in [-0.15, -0.1) is 10.2 Å². The van der Waals surface area contributed by atoms with Crippen LogP contribution in [0.15, 0.2) is 53.7 Å². The lowest BCUT2D eigenvalue weighted by atomic mass is 10.1. The summed E-state index contributed by atoms with van der Waals surface area (Å²) in [5.74, 6) is 1.76. The number of hydrogen-bond acceptors (Lipinski definition) is 3. The van der Waals surface area contributed by atoms with Gasteiger partial charge in [-0.05, 0) is 44.0 Å². The summed E-state index contributed by atoms with van der Waals surface area (Å²) in [7, 11) is 0. The second kappa shape index (κ2) is 8.77. The SMILES string of the molecule is CCNC(=NCCc1nnc2ccccn12)NCCc1c(C)[nH]c2ccccc12. The van der Waals surface area contributed by atoms with Gasteiger partial charge < -0.3 is 15.6 Å². The van der Waals surface area contributed by atoms with Crippen LogP contribution in [0.2, 0.25) is 0 Å². The molecule has 0 unspecified atom stereocenters. The van der Waals surface area contributed by atoms with Crippen LogP contribution < -0.4 is 10.6 Å². The van der Waals surface area contributed by atoms with Crippen LogP contribution in [-0.2, 0) is 12.8 Å². The number of fused-ring (bicyclic) bond motifs is 2. The molecule has 0 fully saturated rings. The number of nitrogens with one attached hydrogen (secondary N) is 3. The van der Waals surface area contributed by atoms with E-state index in [1.165, 1.54) is 22.2 Å². The topological polar surface area (TPSA) is 82.4 Å². The highest BCUT2D eigenvalue weighted by Gasteiger charge is 2.08. The van der Waals surface area contributed by atoms with Gasteiger partial charge in [0.15, 0.2) is 11.6 Å². The molecule has 0 aliphatic rings. The molecule has 7 nitrogen and oxygen atoms in total. The van der Waals surface area contributed by atoms with Gasteiger partial charge >= 0.3 is 0 Å². The van der Waals surface area contributed by atoms with E-state index in [0.29, 0.717) is 6.54 Å². The highest BCUT2D eigenvalue weighted by atomic mass is 15.2. The molecule has 0 saturated carbocycles. The second-order valence-corrected chi connectivity index (χ2v) is 7.01. The molecular weight excluding hydrogens is 362 g/mol. The Balaban J connectivity index is 1.36. The van der Waals surface area contributed by atoms with Gasteiger partial charge in [-0.1, -0.05) is 24.3 Å². The first-order valence-corrected chi connectivity index (χ1v) is 10.1. The highest BCUT2D eigenvalue weighted by Crippen LogP contribution is 2.21. The van der Waals surface area contributed by atoms with Crippen molar-refractivity contribution in [2.45, 2.75) is 26.7 Å². The third-order valence-corrected chi connectivity index (χ3v) is 5.03. The second-order valence-electron chi connectivity index (χ2n) is 7.01. The van der Waals surface area contributed by atoms with Crippen LogP contribution in [-0.4, -0.2) is 45.2 Å². The Morgan fingerprint density at radius 2 is 1.93 bits per heavy atom. The van der Waals surface area contributed by atoms with Gasteiger partial charge in [0.1, 0.15) is 5.82 Å². The monoisotopic (exact) mass is 389 g/mol. The normalized spacial score (nSPS) is 12.0. The van der Waals surface area contributed by atoms with E-state index in [2.05, 4.69) is 63.9 Å². The van der Waals surface area contributed by atoms with Gasteiger partial charge in [-0.3, -0.25) is 9.39 Å². The molecule has 7 heteroatoms. The molecule has 0 radical (unpaired) electrons. The molecule has 4 aromatic rings.